The van der Waals surface area contributed by atoms with Crippen LogP contribution in [0.5, 0.6) is 5.75 Å². The molecule has 3 rings (SSSR count). The molecule has 0 saturated carbocycles. The van der Waals surface area contributed by atoms with Crippen molar-refractivity contribution in [3.8, 4) is 5.75 Å². The number of carbonyl (C=O) groups is 3. The van der Waals surface area contributed by atoms with Crippen LogP contribution in [0.1, 0.15) is 49.4 Å². The van der Waals surface area contributed by atoms with E-state index in [1.807, 2.05) is 16.7 Å². The summed E-state index contributed by atoms with van der Waals surface area (Å²) in [7, 11) is 1.58. The maximum atomic E-state index is 13.2. The van der Waals surface area contributed by atoms with Crippen LogP contribution < -0.4 is 10.1 Å². The molecule has 1 aromatic carbocycles. The van der Waals surface area contributed by atoms with Crippen molar-refractivity contribution in [3.63, 3.8) is 0 Å². The molecule has 158 valence electrons. The summed E-state index contributed by atoms with van der Waals surface area (Å²) in [5, 5.41) is 3.00. The molecule has 1 N–H and O–H groups in total. The van der Waals surface area contributed by atoms with Gasteiger partial charge in [0.1, 0.15) is 11.8 Å². The zero-order valence-electron chi connectivity index (χ0n) is 17.4. The van der Waals surface area contributed by atoms with Crippen molar-refractivity contribution < 1.29 is 19.1 Å². The molecule has 0 aliphatic carbocycles. The molecular weight excluding hydrogens is 370 g/mol. The van der Waals surface area contributed by atoms with Gasteiger partial charge in [-0.2, -0.15) is 0 Å². The van der Waals surface area contributed by atoms with Gasteiger partial charge in [0.25, 0.3) is 5.91 Å². The molecule has 3 amide bonds. The van der Waals surface area contributed by atoms with Crippen molar-refractivity contribution in [2.45, 2.75) is 45.1 Å². The number of ether oxygens (including phenoxy) is 1. The van der Waals surface area contributed by atoms with E-state index < -0.39 is 6.04 Å². The molecule has 2 heterocycles. The van der Waals surface area contributed by atoms with Crippen LogP contribution in [0, 0.1) is 5.92 Å². The summed E-state index contributed by atoms with van der Waals surface area (Å²) in [6.45, 7) is 4.64. The number of nitrogens with one attached hydrogen (secondary N) is 1. The average molecular weight is 402 g/mol. The van der Waals surface area contributed by atoms with Gasteiger partial charge in [-0.25, -0.2) is 0 Å². The van der Waals surface area contributed by atoms with Gasteiger partial charge in [0.05, 0.1) is 7.11 Å². The first-order valence-electron chi connectivity index (χ1n) is 10.5. The Morgan fingerprint density at radius 3 is 2.21 bits per heavy atom. The summed E-state index contributed by atoms with van der Waals surface area (Å²) in [6, 6.07) is 6.33. The second kappa shape index (κ2) is 9.76. The van der Waals surface area contributed by atoms with E-state index in [1.54, 1.807) is 31.4 Å². The predicted octanol–water partition coefficient (Wildman–Crippen LogP) is 2.06. The van der Waals surface area contributed by atoms with Gasteiger partial charge in [-0.1, -0.05) is 6.92 Å². The number of methoxy groups -OCH3 is 1. The van der Waals surface area contributed by atoms with Crippen molar-refractivity contribution in [1.82, 2.24) is 15.1 Å². The maximum Gasteiger partial charge on any atom is 0.251 e. The van der Waals surface area contributed by atoms with Gasteiger partial charge in [0, 0.05) is 38.2 Å². The van der Waals surface area contributed by atoms with Crippen molar-refractivity contribution in [1.29, 1.82) is 0 Å². The van der Waals surface area contributed by atoms with E-state index in [1.165, 1.54) is 0 Å². The van der Waals surface area contributed by atoms with Gasteiger partial charge in [-0.05, 0) is 55.9 Å². The SMILES string of the molecule is CCC(=O)N1CCC([C@@H](NC(=O)c2ccc(OC)cc2)C(=O)N2CCCC2)CC1. The first-order chi connectivity index (χ1) is 14.0. The van der Waals surface area contributed by atoms with Gasteiger partial charge in [-0.3, -0.25) is 14.4 Å². The molecule has 2 saturated heterocycles. The van der Waals surface area contributed by atoms with Crippen LogP contribution >= 0.6 is 0 Å². The van der Waals surface area contributed by atoms with Gasteiger partial charge in [0.15, 0.2) is 0 Å². The number of piperidine rings is 1. The predicted molar refractivity (Wildman–Crippen MR) is 110 cm³/mol. The van der Waals surface area contributed by atoms with Crippen LogP contribution in [0.15, 0.2) is 24.3 Å². The van der Waals surface area contributed by atoms with Crippen molar-refractivity contribution in [2.75, 3.05) is 33.3 Å². The molecule has 2 fully saturated rings. The molecule has 29 heavy (non-hydrogen) atoms. The Balaban J connectivity index is 1.71. The van der Waals surface area contributed by atoms with Crippen LogP contribution in [-0.2, 0) is 9.59 Å². The van der Waals surface area contributed by atoms with E-state index in [9.17, 15) is 14.4 Å². The molecule has 2 aliphatic rings. The number of likely N-dealkylation sites (tertiary alicyclic amines) is 2. The number of rotatable bonds is 6. The smallest absolute Gasteiger partial charge is 0.251 e. The molecule has 0 spiro atoms. The Kier molecular flexibility index (Phi) is 7.12. The third kappa shape index (κ3) is 5.08. The zero-order chi connectivity index (χ0) is 20.8. The summed E-state index contributed by atoms with van der Waals surface area (Å²) in [6.07, 6.45) is 3.95. The number of carbonyl (C=O) groups excluding carboxylic acids is 3. The minimum Gasteiger partial charge on any atom is -0.497 e. The third-order valence-corrected chi connectivity index (χ3v) is 5.99. The molecular formula is C22H31N3O4. The summed E-state index contributed by atoms with van der Waals surface area (Å²) in [5.41, 5.74) is 0.503. The third-order valence-electron chi connectivity index (χ3n) is 5.99. The number of amides is 3. The van der Waals surface area contributed by atoms with Gasteiger partial charge >= 0.3 is 0 Å². The molecule has 1 atom stereocenters. The first kappa shape index (κ1) is 21.1. The van der Waals surface area contributed by atoms with Crippen LogP contribution in [0.2, 0.25) is 0 Å². The molecule has 1 aromatic rings. The first-order valence-corrected chi connectivity index (χ1v) is 10.5. The van der Waals surface area contributed by atoms with Gasteiger partial charge < -0.3 is 19.9 Å². The summed E-state index contributed by atoms with van der Waals surface area (Å²) < 4.78 is 5.14. The standard InChI is InChI=1S/C22H31N3O4/c1-3-19(26)24-14-10-16(11-15-24)20(22(28)25-12-4-5-13-25)23-21(27)17-6-8-18(29-2)9-7-17/h6-9,16,20H,3-5,10-15H2,1-2H3,(H,23,27)/t20-/m1/s1. The number of hydrogen-bond acceptors (Lipinski definition) is 4. The van der Waals surface area contributed by atoms with E-state index in [0.717, 1.165) is 38.8 Å². The van der Waals surface area contributed by atoms with Crippen molar-refractivity contribution in [2.24, 2.45) is 5.92 Å². The summed E-state index contributed by atoms with van der Waals surface area (Å²) in [5.74, 6) is 0.612. The monoisotopic (exact) mass is 401 g/mol. The maximum absolute atomic E-state index is 13.2. The van der Waals surface area contributed by atoms with Crippen molar-refractivity contribution >= 4 is 17.7 Å². The highest BCUT2D eigenvalue weighted by Gasteiger charge is 2.36. The van der Waals surface area contributed by atoms with Crippen LogP contribution in [0.25, 0.3) is 0 Å². The van der Waals surface area contributed by atoms with Crippen molar-refractivity contribution in [3.05, 3.63) is 29.8 Å². The van der Waals surface area contributed by atoms with Crippen LogP contribution in [0.3, 0.4) is 0 Å². The Morgan fingerprint density at radius 1 is 1.03 bits per heavy atom. The highest BCUT2D eigenvalue weighted by Crippen LogP contribution is 2.24. The highest BCUT2D eigenvalue weighted by molar-refractivity contribution is 5.97. The molecule has 0 unspecified atom stereocenters. The fraction of sp³-hybridized carbons (Fsp3) is 0.591. The Bertz CT molecular complexity index is 720. The number of benzene rings is 1. The second-order valence-corrected chi connectivity index (χ2v) is 7.78. The number of hydrogen-bond donors (Lipinski definition) is 1. The molecule has 7 nitrogen and oxygen atoms in total. The quantitative estimate of drug-likeness (QED) is 0.791. The largest absolute Gasteiger partial charge is 0.497 e. The van der Waals surface area contributed by atoms with E-state index >= 15 is 0 Å². The Hall–Kier alpha value is -2.57. The summed E-state index contributed by atoms with van der Waals surface area (Å²) in [4.78, 5) is 41.7. The topological polar surface area (TPSA) is 79.0 Å². The zero-order valence-corrected chi connectivity index (χ0v) is 17.4. The second-order valence-electron chi connectivity index (χ2n) is 7.78. The molecule has 0 bridgehead atoms. The summed E-state index contributed by atoms with van der Waals surface area (Å²) >= 11 is 0. The number of nitrogens with zero attached hydrogens (tertiary/aromatic N) is 2. The lowest BCUT2D eigenvalue weighted by Gasteiger charge is -2.37. The minimum atomic E-state index is -0.554. The van der Waals surface area contributed by atoms with E-state index in [2.05, 4.69) is 5.32 Å². The van der Waals surface area contributed by atoms with E-state index in [4.69, 9.17) is 4.74 Å². The normalized spacial score (nSPS) is 18.4. The fourth-order valence-electron chi connectivity index (χ4n) is 4.19. The lowest BCUT2D eigenvalue weighted by atomic mass is 9.88. The molecule has 2 aliphatic heterocycles. The molecule has 7 heteroatoms. The van der Waals surface area contributed by atoms with E-state index in [-0.39, 0.29) is 23.6 Å². The Morgan fingerprint density at radius 2 is 1.66 bits per heavy atom. The van der Waals surface area contributed by atoms with Gasteiger partial charge in [-0.15, -0.1) is 0 Å². The fourth-order valence-corrected chi connectivity index (χ4v) is 4.19. The molecule has 0 radical (unpaired) electrons. The van der Waals surface area contributed by atoms with Gasteiger partial charge in [0.2, 0.25) is 11.8 Å². The molecule has 0 aromatic heterocycles. The lowest BCUT2D eigenvalue weighted by Crippen LogP contribution is -2.54. The van der Waals surface area contributed by atoms with E-state index in [0.29, 0.717) is 30.8 Å². The lowest BCUT2D eigenvalue weighted by molar-refractivity contribution is -0.135. The minimum absolute atomic E-state index is 0.00429. The average Bonchev–Trinajstić information content (AvgIpc) is 3.31. The van der Waals surface area contributed by atoms with Crippen LogP contribution in [-0.4, -0.2) is 66.9 Å². The van der Waals surface area contributed by atoms with Crippen LogP contribution in [0.4, 0.5) is 0 Å². The highest BCUT2D eigenvalue weighted by atomic mass is 16.5. The Labute approximate surface area is 172 Å².